The number of morpholine rings is 1. The van der Waals surface area contributed by atoms with Gasteiger partial charge in [0.15, 0.2) is 0 Å². The van der Waals surface area contributed by atoms with Gasteiger partial charge in [-0.2, -0.15) is 0 Å². The average Bonchev–Trinajstić information content (AvgIpc) is 3.19. The Hall–Kier alpha value is -2.37. The van der Waals surface area contributed by atoms with Crippen molar-refractivity contribution in [1.82, 2.24) is 24.2 Å². The smallest absolute Gasteiger partial charge is 0.279 e. The van der Waals surface area contributed by atoms with Crippen molar-refractivity contribution in [3.05, 3.63) is 30.5 Å². The summed E-state index contributed by atoms with van der Waals surface area (Å²) in [6.45, 7) is 3.97. The van der Waals surface area contributed by atoms with Crippen LogP contribution in [0.2, 0.25) is 0 Å². The van der Waals surface area contributed by atoms with E-state index in [0.717, 1.165) is 38.1 Å². The first kappa shape index (κ1) is 19.9. The van der Waals surface area contributed by atoms with Gasteiger partial charge < -0.3 is 14.6 Å². The van der Waals surface area contributed by atoms with Crippen LogP contribution in [-0.4, -0.2) is 81.0 Å². The number of hydrogen-bond donors (Lipinski definition) is 2. The number of anilines is 1. The minimum Gasteiger partial charge on any atom is -0.369 e. The molecule has 2 aliphatic heterocycles. The molecule has 0 aliphatic carbocycles. The van der Waals surface area contributed by atoms with E-state index >= 15 is 0 Å². The lowest BCUT2D eigenvalue weighted by Gasteiger charge is -2.53. The van der Waals surface area contributed by atoms with Gasteiger partial charge in [0.05, 0.1) is 36.4 Å². The minimum atomic E-state index is -2.81. The molecule has 0 bridgehead atoms. The van der Waals surface area contributed by atoms with Crippen molar-refractivity contribution in [3.63, 3.8) is 0 Å². The number of H-pyrrole nitrogens is 1. The van der Waals surface area contributed by atoms with Crippen LogP contribution in [-0.2, 0) is 4.74 Å². The Morgan fingerprint density at radius 2 is 2.17 bits per heavy atom. The van der Waals surface area contributed by atoms with Gasteiger partial charge in [0.1, 0.15) is 23.6 Å². The minimum absolute atomic E-state index is 0.145. The van der Waals surface area contributed by atoms with Crippen LogP contribution in [0.15, 0.2) is 24.7 Å². The maximum Gasteiger partial charge on any atom is 0.279 e. The van der Waals surface area contributed by atoms with Gasteiger partial charge in [0.2, 0.25) is 0 Å². The number of halogens is 2. The van der Waals surface area contributed by atoms with E-state index in [0.29, 0.717) is 23.8 Å². The van der Waals surface area contributed by atoms with Gasteiger partial charge in [0, 0.05) is 25.7 Å². The van der Waals surface area contributed by atoms with Crippen molar-refractivity contribution in [2.75, 3.05) is 43.9 Å². The highest BCUT2D eigenvalue weighted by Crippen LogP contribution is 2.34. The van der Waals surface area contributed by atoms with Crippen LogP contribution in [0, 0.1) is 5.41 Å². The lowest BCUT2D eigenvalue weighted by Crippen LogP contribution is -2.68. The lowest BCUT2D eigenvalue weighted by molar-refractivity contribution is -0.119. The van der Waals surface area contributed by atoms with Crippen LogP contribution >= 0.6 is 11.9 Å². The summed E-state index contributed by atoms with van der Waals surface area (Å²) in [4.78, 5) is 18.1. The molecule has 0 atom stereocenters. The van der Waals surface area contributed by atoms with Crippen LogP contribution in [0.25, 0.3) is 17.5 Å². The summed E-state index contributed by atoms with van der Waals surface area (Å²) in [7, 11) is 0. The maximum atomic E-state index is 12.4. The first-order valence-corrected chi connectivity index (χ1v) is 10.3. The molecule has 2 aromatic heterocycles. The van der Waals surface area contributed by atoms with Crippen LogP contribution in [0.1, 0.15) is 5.82 Å². The monoisotopic (exact) mass is 421 g/mol. The summed E-state index contributed by atoms with van der Waals surface area (Å²) in [5.41, 5.74) is 0.403. The largest absolute Gasteiger partial charge is 0.369 e. The van der Waals surface area contributed by atoms with E-state index in [1.807, 2.05) is 6.07 Å². The fourth-order valence-electron chi connectivity index (χ4n) is 3.42. The Labute approximate surface area is 171 Å². The van der Waals surface area contributed by atoms with Crippen LogP contribution < -0.4 is 4.90 Å². The summed E-state index contributed by atoms with van der Waals surface area (Å²) in [6, 6.07) is 1.88. The van der Waals surface area contributed by atoms with E-state index in [-0.39, 0.29) is 5.60 Å². The van der Waals surface area contributed by atoms with Gasteiger partial charge >= 0.3 is 0 Å². The zero-order chi connectivity index (χ0) is 20.4. The van der Waals surface area contributed by atoms with Crippen molar-refractivity contribution in [2.24, 2.45) is 0 Å². The number of aromatic amines is 1. The normalized spacial score (nSPS) is 19.2. The van der Waals surface area contributed by atoms with E-state index in [4.69, 9.17) is 10.1 Å². The Morgan fingerprint density at radius 3 is 2.93 bits per heavy atom. The molecule has 2 fully saturated rings. The molecule has 154 valence electrons. The van der Waals surface area contributed by atoms with E-state index in [1.165, 1.54) is 12.4 Å². The molecular formula is C18H21F2N7OS. The molecule has 4 rings (SSSR count). The highest BCUT2D eigenvalue weighted by atomic mass is 32.2. The number of nitrogens with one attached hydrogen (secondary N) is 2. The first-order chi connectivity index (χ1) is 14.0. The van der Waals surface area contributed by atoms with Crippen LogP contribution in [0.4, 0.5) is 14.6 Å². The molecule has 8 nitrogen and oxygen atoms in total. The number of imidazole rings is 1. The zero-order valence-corrected chi connectivity index (χ0v) is 16.6. The number of allylic oxidation sites excluding steroid dienone is 1. The van der Waals surface area contributed by atoms with Crippen molar-refractivity contribution >= 4 is 29.6 Å². The Bertz CT molecular complexity index is 913. The van der Waals surface area contributed by atoms with Crippen LogP contribution in [0.3, 0.4) is 0 Å². The topological polar surface area (TPSA) is 94.0 Å². The molecule has 0 radical (unpaired) electrons. The number of hydrogen-bond acceptors (Lipinski definition) is 8. The number of ether oxygens (including phenoxy) is 1. The maximum absolute atomic E-state index is 12.4. The third-order valence-corrected chi connectivity index (χ3v) is 5.71. The third kappa shape index (κ3) is 4.31. The van der Waals surface area contributed by atoms with Gasteiger partial charge in [-0.25, -0.2) is 28.0 Å². The lowest BCUT2D eigenvalue weighted by atomic mass is 9.94. The Balaban J connectivity index is 1.47. The molecule has 4 heterocycles. The van der Waals surface area contributed by atoms with Crippen molar-refractivity contribution in [3.8, 4) is 11.4 Å². The molecule has 2 saturated heterocycles. The number of alkyl halides is 2. The average molecular weight is 421 g/mol. The van der Waals surface area contributed by atoms with Crippen LogP contribution in [0.5, 0.6) is 0 Å². The SMILES string of the molecule is CSN1CC2(C1)CN(c1cc(-c3cnc(/C=C\C(=N)C(F)F)[nH]3)ncn1)CCO2. The van der Waals surface area contributed by atoms with Gasteiger partial charge in [0.25, 0.3) is 6.43 Å². The standard InChI is InChI=1S/C18H21F2N7OS/c1-29-27-9-18(10-27)8-26(4-5-28-18)16-6-13(23-11-24-16)14-7-22-15(25-14)3-2-12(21)17(19)20/h2-3,6-7,11,17,21H,4-5,8-10H2,1H3,(H,22,25)/b3-2-,21-12?. The molecule has 0 aromatic carbocycles. The molecule has 0 saturated carbocycles. The van der Waals surface area contributed by atoms with E-state index < -0.39 is 12.1 Å². The second kappa shape index (κ2) is 8.17. The molecule has 2 N–H and O–H groups in total. The molecule has 0 amide bonds. The Kier molecular flexibility index (Phi) is 5.61. The van der Waals surface area contributed by atoms with E-state index in [1.54, 1.807) is 18.1 Å². The summed E-state index contributed by atoms with van der Waals surface area (Å²) >= 11 is 1.72. The van der Waals surface area contributed by atoms with Gasteiger partial charge in [-0.3, -0.25) is 5.41 Å². The molecule has 1 spiro atoms. The van der Waals surface area contributed by atoms with Crippen molar-refractivity contribution < 1.29 is 13.5 Å². The zero-order valence-electron chi connectivity index (χ0n) is 15.8. The van der Waals surface area contributed by atoms with E-state index in [9.17, 15) is 8.78 Å². The molecule has 11 heteroatoms. The molecular weight excluding hydrogens is 400 g/mol. The molecule has 0 unspecified atom stereocenters. The summed E-state index contributed by atoms with van der Waals surface area (Å²) in [5, 5.41) is 7.16. The summed E-state index contributed by atoms with van der Waals surface area (Å²) < 4.78 is 33.1. The molecule has 29 heavy (non-hydrogen) atoms. The number of aromatic nitrogens is 4. The summed E-state index contributed by atoms with van der Waals surface area (Å²) in [6.07, 6.45) is 4.72. The highest BCUT2D eigenvalue weighted by Gasteiger charge is 2.47. The van der Waals surface area contributed by atoms with Gasteiger partial charge in [-0.1, -0.05) is 11.9 Å². The third-order valence-electron chi connectivity index (χ3n) is 4.94. The quantitative estimate of drug-likeness (QED) is 0.546. The van der Waals surface area contributed by atoms with Crippen molar-refractivity contribution in [1.29, 1.82) is 5.41 Å². The van der Waals surface area contributed by atoms with Gasteiger partial charge in [-0.05, 0) is 18.4 Å². The van der Waals surface area contributed by atoms with Gasteiger partial charge in [-0.15, -0.1) is 0 Å². The van der Waals surface area contributed by atoms with E-state index in [2.05, 4.69) is 35.4 Å². The highest BCUT2D eigenvalue weighted by molar-refractivity contribution is 7.96. The second-order valence-corrected chi connectivity index (χ2v) is 7.85. The predicted octanol–water partition coefficient (Wildman–Crippen LogP) is 2.33. The first-order valence-electron chi connectivity index (χ1n) is 9.08. The molecule has 2 aliphatic rings. The molecule has 2 aromatic rings. The fourth-order valence-corrected chi connectivity index (χ4v) is 4.15. The fraction of sp³-hybridized carbons (Fsp3) is 0.444. The second-order valence-electron chi connectivity index (χ2n) is 6.97. The number of nitrogens with zero attached hydrogens (tertiary/aromatic N) is 5. The number of rotatable bonds is 6. The summed E-state index contributed by atoms with van der Waals surface area (Å²) in [5.74, 6) is 1.19. The predicted molar refractivity (Wildman–Crippen MR) is 108 cm³/mol. The van der Waals surface area contributed by atoms with Crippen molar-refractivity contribution in [2.45, 2.75) is 12.0 Å². The Morgan fingerprint density at radius 1 is 1.34 bits per heavy atom.